The summed E-state index contributed by atoms with van der Waals surface area (Å²) in [5.41, 5.74) is -4.10. The zero-order valence-corrected chi connectivity index (χ0v) is 13.6. The van der Waals surface area contributed by atoms with Crippen molar-refractivity contribution in [3.8, 4) is 0 Å². The first kappa shape index (κ1) is 14.6. The average molecular weight is 326 g/mol. The number of hydrogen-bond acceptors (Lipinski definition) is 7. The third-order valence-electron chi connectivity index (χ3n) is 7.18. The molecule has 5 rings (SSSR count). The van der Waals surface area contributed by atoms with Crippen molar-refractivity contribution in [3.63, 3.8) is 0 Å². The van der Waals surface area contributed by atoms with E-state index in [9.17, 15) is 15.0 Å². The van der Waals surface area contributed by atoms with Gasteiger partial charge in [0.2, 0.25) is 0 Å². The van der Waals surface area contributed by atoms with Crippen LogP contribution in [0.5, 0.6) is 0 Å². The molecule has 3 heterocycles. The van der Waals surface area contributed by atoms with Gasteiger partial charge in [-0.3, -0.25) is 4.79 Å². The van der Waals surface area contributed by atoms with Gasteiger partial charge < -0.3 is 29.2 Å². The molecule has 23 heavy (non-hydrogen) atoms. The Hall–Kier alpha value is -0.730. The molecule has 5 fully saturated rings. The van der Waals surface area contributed by atoms with Crippen molar-refractivity contribution < 1.29 is 34.0 Å². The molecule has 7 heteroatoms. The summed E-state index contributed by atoms with van der Waals surface area (Å²) >= 11 is 0. The van der Waals surface area contributed by atoms with Gasteiger partial charge in [-0.05, 0) is 13.8 Å². The van der Waals surface area contributed by atoms with Crippen molar-refractivity contribution in [2.75, 3.05) is 13.7 Å². The molecular formula is C16H22O7. The largest absolute Gasteiger partial charge is 0.459 e. The average Bonchev–Trinajstić information content (AvgIpc) is 3.30. The van der Waals surface area contributed by atoms with Crippen molar-refractivity contribution >= 4 is 5.97 Å². The number of hydrogen-bond donors (Lipinski definition) is 2. The minimum absolute atomic E-state index is 0.218. The summed E-state index contributed by atoms with van der Waals surface area (Å²) in [4.78, 5) is 12.6. The van der Waals surface area contributed by atoms with Gasteiger partial charge in [0.05, 0.1) is 23.5 Å². The highest BCUT2D eigenvalue weighted by atomic mass is 16.7. The summed E-state index contributed by atoms with van der Waals surface area (Å²) in [6.45, 7) is 5.67. The van der Waals surface area contributed by atoms with Gasteiger partial charge in [-0.15, -0.1) is 0 Å². The second-order valence-corrected chi connectivity index (χ2v) is 8.40. The lowest BCUT2D eigenvalue weighted by atomic mass is 9.51. The van der Waals surface area contributed by atoms with Crippen LogP contribution in [0.1, 0.15) is 20.8 Å². The van der Waals surface area contributed by atoms with Crippen LogP contribution in [0.4, 0.5) is 0 Å². The third-order valence-corrected chi connectivity index (χ3v) is 7.18. The molecule has 0 radical (unpaired) electrons. The summed E-state index contributed by atoms with van der Waals surface area (Å²) in [6, 6.07) is 0. The van der Waals surface area contributed by atoms with E-state index in [4.69, 9.17) is 18.9 Å². The molecule has 9 atom stereocenters. The van der Waals surface area contributed by atoms with E-state index < -0.39 is 58.3 Å². The Morgan fingerprint density at radius 3 is 2.52 bits per heavy atom. The number of carbonyl (C=O) groups is 1. The molecule has 2 N–H and O–H groups in total. The SMILES string of the molecule is CO[C@@H]1[C@@H]2OC(=O)[C@@H]([C@H]2C(C)(C)O)[C@@]2(O)[C@H]3O[C@H]3[C@@]3(CO3)[C@@]12C. The van der Waals surface area contributed by atoms with Gasteiger partial charge in [0.25, 0.3) is 0 Å². The first-order valence-electron chi connectivity index (χ1n) is 8.12. The number of epoxide rings is 2. The number of esters is 1. The van der Waals surface area contributed by atoms with Crippen LogP contribution in [0.2, 0.25) is 0 Å². The summed E-state index contributed by atoms with van der Waals surface area (Å²) in [5.74, 6) is -1.89. The maximum Gasteiger partial charge on any atom is 0.312 e. The van der Waals surface area contributed by atoms with Crippen LogP contribution in [0.25, 0.3) is 0 Å². The summed E-state index contributed by atoms with van der Waals surface area (Å²) in [6.07, 6.45) is -1.87. The van der Waals surface area contributed by atoms with Crippen molar-refractivity contribution in [1.29, 1.82) is 0 Å². The minimum Gasteiger partial charge on any atom is -0.459 e. The summed E-state index contributed by atoms with van der Waals surface area (Å²) in [7, 11) is 1.55. The van der Waals surface area contributed by atoms with E-state index in [-0.39, 0.29) is 6.10 Å². The van der Waals surface area contributed by atoms with E-state index in [0.717, 1.165) is 0 Å². The van der Waals surface area contributed by atoms with Crippen LogP contribution in [-0.2, 0) is 23.7 Å². The molecule has 0 aromatic rings. The number of ether oxygens (including phenoxy) is 4. The Morgan fingerprint density at radius 1 is 1.35 bits per heavy atom. The lowest BCUT2D eigenvalue weighted by Crippen LogP contribution is -2.72. The van der Waals surface area contributed by atoms with E-state index in [1.165, 1.54) is 0 Å². The van der Waals surface area contributed by atoms with E-state index in [1.807, 2.05) is 6.92 Å². The normalized spacial score (nSPS) is 62.1. The smallest absolute Gasteiger partial charge is 0.312 e. The Bertz CT molecular complexity index is 608. The number of aliphatic hydroxyl groups is 2. The highest BCUT2D eigenvalue weighted by Crippen LogP contribution is 2.76. The van der Waals surface area contributed by atoms with Gasteiger partial charge in [0.1, 0.15) is 35.6 Å². The van der Waals surface area contributed by atoms with Gasteiger partial charge in [-0.1, -0.05) is 6.92 Å². The van der Waals surface area contributed by atoms with E-state index in [2.05, 4.69) is 0 Å². The Balaban J connectivity index is 1.75. The first-order chi connectivity index (χ1) is 10.6. The maximum atomic E-state index is 12.6. The van der Waals surface area contributed by atoms with Gasteiger partial charge in [-0.25, -0.2) is 0 Å². The van der Waals surface area contributed by atoms with E-state index >= 15 is 0 Å². The Labute approximate surface area is 133 Å². The maximum absolute atomic E-state index is 12.6. The fourth-order valence-corrected chi connectivity index (χ4v) is 6.07. The molecule has 0 aromatic carbocycles. The molecule has 0 unspecified atom stereocenters. The molecule has 2 saturated carbocycles. The van der Waals surface area contributed by atoms with Crippen LogP contribution in [0, 0.1) is 17.3 Å². The predicted octanol–water partition coefficient (Wildman–Crippen LogP) is -0.769. The van der Waals surface area contributed by atoms with E-state index in [1.54, 1.807) is 21.0 Å². The molecular weight excluding hydrogens is 304 g/mol. The number of rotatable bonds is 2. The van der Waals surface area contributed by atoms with Crippen LogP contribution in [-0.4, -0.2) is 71.1 Å². The van der Waals surface area contributed by atoms with Gasteiger partial charge in [-0.2, -0.15) is 0 Å². The van der Waals surface area contributed by atoms with Crippen LogP contribution in [0.3, 0.4) is 0 Å². The quantitative estimate of drug-likeness (QED) is 0.508. The lowest BCUT2D eigenvalue weighted by molar-refractivity contribution is -0.260. The fourth-order valence-electron chi connectivity index (χ4n) is 6.07. The van der Waals surface area contributed by atoms with Crippen LogP contribution >= 0.6 is 0 Å². The first-order valence-corrected chi connectivity index (χ1v) is 8.12. The highest BCUT2D eigenvalue weighted by molar-refractivity contribution is 5.79. The topological polar surface area (TPSA) is 101 Å². The highest BCUT2D eigenvalue weighted by Gasteiger charge is 2.95. The van der Waals surface area contributed by atoms with Crippen LogP contribution in [0.15, 0.2) is 0 Å². The van der Waals surface area contributed by atoms with E-state index in [0.29, 0.717) is 6.61 Å². The zero-order valence-electron chi connectivity index (χ0n) is 13.6. The van der Waals surface area contributed by atoms with Gasteiger partial charge >= 0.3 is 5.97 Å². The molecule has 5 aliphatic rings. The third kappa shape index (κ3) is 1.23. The Morgan fingerprint density at radius 2 is 2.00 bits per heavy atom. The Kier molecular flexibility index (Phi) is 2.29. The summed E-state index contributed by atoms with van der Waals surface area (Å²) in [5, 5.41) is 22.4. The second kappa shape index (κ2) is 3.60. The molecule has 128 valence electrons. The minimum atomic E-state index is -1.47. The molecule has 0 aromatic heterocycles. The number of fused-ring (bicyclic) bond motifs is 8. The van der Waals surface area contributed by atoms with Crippen molar-refractivity contribution in [2.24, 2.45) is 17.3 Å². The summed E-state index contributed by atoms with van der Waals surface area (Å²) < 4.78 is 22.8. The number of methoxy groups -OCH3 is 1. The lowest BCUT2D eigenvalue weighted by Gasteiger charge is -2.56. The predicted molar refractivity (Wildman–Crippen MR) is 74.4 cm³/mol. The fraction of sp³-hybridized carbons (Fsp3) is 0.938. The molecule has 2 aliphatic carbocycles. The number of carbonyl (C=O) groups excluding carboxylic acids is 1. The molecule has 3 aliphatic heterocycles. The van der Waals surface area contributed by atoms with Gasteiger partial charge in [0.15, 0.2) is 0 Å². The van der Waals surface area contributed by atoms with Crippen LogP contribution < -0.4 is 0 Å². The second-order valence-electron chi connectivity index (χ2n) is 8.40. The van der Waals surface area contributed by atoms with Crippen molar-refractivity contribution in [2.45, 2.75) is 62.0 Å². The molecule has 0 amide bonds. The van der Waals surface area contributed by atoms with Crippen molar-refractivity contribution in [3.05, 3.63) is 0 Å². The monoisotopic (exact) mass is 326 g/mol. The molecule has 3 saturated heterocycles. The molecule has 2 bridgehead atoms. The van der Waals surface area contributed by atoms with Crippen molar-refractivity contribution in [1.82, 2.24) is 0 Å². The zero-order chi connectivity index (χ0) is 16.6. The van der Waals surface area contributed by atoms with Gasteiger partial charge in [0, 0.05) is 13.0 Å². The molecule has 7 nitrogen and oxygen atoms in total. The standard InChI is InChI=1S/C16H22O7/c1-13(2,18)6-7-12(17)22-8(6)9(20-4)14(3)15(5-21-15)10-11(23-10)16(7,14)19/h6-11,18-19H,5H2,1-4H3/t6-,7-,8-,9-,10-,11+,14-,15+,16-/m1/s1. The molecule has 1 spiro atoms.